The standard InChI is InChI=1S/C32H46O8/c1-16(11-19(34)12-17(2)28(38)39)20-13-24(37)32(8)27-21(35)14-23-29(4,5)25(40-18(3)33)9-10-30(23,6)26(27)22(36)15-31(20,32)7/h16-17,20-21,23,25,35H,9-15H2,1-8H3,(H,38,39). The maximum Gasteiger partial charge on any atom is 0.306 e. The highest BCUT2D eigenvalue weighted by Gasteiger charge is 2.70. The van der Waals surface area contributed by atoms with Gasteiger partial charge in [-0.2, -0.15) is 0 Å². The van der Waals surface area contributed by atoms with E-state index in [0.29, 0.717) is 30.4 Å². The van der Waals surface area contributed by atoms with Gasteiger partial charge in [0.2, 0.25) is 0 Å². The van der Waals surface area contributed by atoms with E-state index in [1.165, 1.54) is 13.8 Å². The van der Waals surface area contributed by atoms with Crippen LogP contribution in [-0.2, 0) is 28.7 Å². The molecule has 2 saturated carbocycles. The number of esters is 1. The third-order valence-corrected chi connectivity index (χ3v) is 11.8. The molecule has 0 bridgehead atoms. The van der Waals surface area contributed by atoms with Gasteiger partial charge in [-0.3, -0.25) is 24.0 Å². The molecule has 0 aliphatic heterocycles. The number of aliphatic hydroxyl groups excluding tert-OH is 1. The summed E-state index contributed by atoms with van der Waals surface area (Å²) in [5, 5.41) is 21.0. The number of rotatable bonds is 7. The third kappa shape index (κ3) is 4.31. The van der Waals surface area contributed by atoms with Gasteiger partial charge in [0.05, 0.1) is 17.4 Å². The Bertz CT molecular complexity index is 1180. The van der Waals surface area contributed by atoms with E-state index in [1.807, 2.05) is 34.6 Å². The summed E-state index contributed by atoms with van der Waals surface area (Å²) >= 11 is 0. The van der Waals surface area contributed by atoms with Gasteiger partial charge in [0.15, 0.2) is 5.78 Å². The fourth-order valence-electron chi connectivity index (χ4n) is 9.51. The maximum atomic E-state index is 14.2. The average molecular weight is 559 g/mol. The van der Waals surface area contributed by atoms with Crippen molar-refractivity contribution in [1.29, 1.82) is 0 Å². The summed E-state index contributed by atoms with van der Waals surface area (Å²) in [5.74, 6) is -2.94. The molecule has 0 amide bonds. The number of fused-ring (bicyclic) bond motifs is 4. The van der Waals surface area contributed by atoms with Gasteiger partial charge >= 0.3 is 11.9 Å². The molecule has 0 aromatic rings. The Balaban J connectivity index is 1.73. The lowest BCUT2D eigenvalue weighted by Crippen LogP contribution is -2.61. The average Bonchev–Trinajstić information content (AvgIpc) is 3.03. The lowest BCUT2D eigenvalue weighted by atomic mass is 9.42. The normalized spacial score (nSPS) is 40.0. The van der Waals surface area contributed by atoms with Crippen molar-refractivity contribution in [2.45, 2.75) is 113 Å². The topological polar surface area (TPSA) is 135 Å². The minimum absolute atomic E-state index is 0.00726. The molecule has 4 aliphatic carbocycles. The number of aliphatic carboxylic acids is 1. The first-order valence-electron chi connectivity index (χ1n) is 14.7. The van der Waals surface area contributed by atoms with Crippen LogP contribution in [0.5, 0.6) is 0 Å². The maximum absolute atomic E-state index is 14.2. The number of Topliss-reactive ketones (excluding diaryl/α,β-unsaturated/α-hetero) is 3. The number of hydrogen-bond acceptors (Lipinski definition) is 7. The first-order chi connectivity index (χ1) is 18.3. The molecule has 9 atom stereocenters. The van der Waals surface area contributed by atoms with Gasteiger partial charge in [-0.1, -0.05) is 41.5 Å². The quantitative estimate of drug-likeness (QED) is 0.429. The van der Waals surface area contributed by atoms with E-state index in [9.17, 15) is 34.2 Å². The Morgan fingerprint density at radius 3 is 2.25 bits per heavy atom. The Morgan fingerprint density at radius 2 is 1.68 bits per heavy atom. The van der Waals surface area contributed by atoms with Crippen LogP contribution in [0.4, 0.5) is 0 Å². The summed E-state index contributed by atoms with van der Waals surface area (Å²) in [6.07, 6.45) is 0.743. The summed E-state index contributed by atoms with van der Waals surface area (Å²) in [5.41, 5.74) is -1.70. The van der Waals surface area contributed by atoms with Crippen LogP contribution in [0.3, 0.4) is 0 Å². The van der Waals surface area contributed by atoms with Gasteiger partial charge in [0, 0.05) is 43.6 Å². The van der Waals surface area contributed by atoms with Crippen LogP contribution in [0.25, 0.3) is 0 Å². The van der Waals surface area contributed by atoms with Crippen LogP contribution >= 0.6 is 0 Å². The van der Waals surface area contributed by atoms with Crippen molar-refractivity contribution in [3.63, 3.8) is 0 Å². The molecule has 8 nitrogen and oxygen atoms in total. The summed E-state index contributed by atoms with van der Waals surface area (Å²) in [7, 11) is 0. The molecule has 0 saturated heterocycles. The highest BCUT2D eigenvalue weighted by Crippen LogP contribution is 2.70. The molecule has 4 aliphatic rings. The van der Waals surface area contributed by atoms with Crippen molar-refractivity contribution >= 4 is 29.3 Å². The lowest BCUT2D eigenvalue weighted by molar-refractivity contribution is -0.171. The van der Waals surface area contributed by atoms with Gasteiger partial charge in [0.1, 0.15) is 17.7 Å². The van der Waals surface area contributed by atoms with E-state index in [2.05, 4.69) is 6.92 Å². The number of ether oxygens (including phenoxy) is 1. The molecule has 8 heteroatoms. The van der Waals surface area contributed by atoms with E-state index in [4.69, 9.17) is 4.74 Å². The van der Waals surface area contributed by atoms with E-state index in [1.54, 1.807) is 0 Å². The second-order valence-electron chi connectivity index (χ2n) is 14.5. The first-order valence-corrected chi connectivity index (χ1v) is 14.7. The lowest BCUT2D eigenvalue weighted by Gasteiger charge is -2.62. The van der Waals surface area contributed by atoms with E-state index < -0.39 is 39.7 Å². The molecule has 0 radical (unpaired) electrons. The molecule has 222 valence electrons. The van der Waals surface area contributed by atoms with Gasteiger partial charge in [-0.05, 0) is 60.3 Å². The van der Waals surface area contributed by atoms with Crippen LogP contribution in [0.15, 0.2) is 11.1 Å². The SMILES string of the molecule is CC(=O)OC1CCC2(C)C3=C(C(O)CC2C1(C)C)C1(C)C(=O)CC(C(C)CC(=O)CC(C)C(=O)O)C1(C)CC3=O. The van der Waals surface area contributed by atoms with Crippen LogP contribution in [0, 0.1) is 45.3 Å². The van der Waals surface area contributed by atoms with Gasteiger partial charge in [-0.25, -0.2) is 0 Å². The van der Waals surface area contributed by atoms with Crippen molar-refractivity contribution in [3.05, 3.63) is 11.1 Å². The van der Waals surface area contributed by atoms with Crippen molar-refractivity contribution in [3.8, 4) is 0 Å². The number of carboxylic acid groups (broad SMARTS) is 1. The smallest absolute Gasteiger partial charge is 0.306 e. The van der Waals surface area contributed by atoms with Crippen molar-refractivity contribution in [2.24, 2.45) is 45.3 Å². The van der Waals surface area contributed by atoms with E-state index >= 15 is 0 Å². The summed E-state index contributed by atoms with van der Waals surface area (Å²) < 4.78 is 5.69. The molecule has 0 aromatic carbocycles. The predicted octanol–water partition coefficient (Wildman–Crippen LogP) is 4.70. The molecular weight excluding hydrogens is 512 g/mol. The van der Waals surface area contributed by atoms with Crippen LogP contribution in [0.2, 0.25) is 0 Å². The Hall–Kier alpha value is -2.35. The van der Waals surface area contributed by atoms with Gasteiger partial charge in [0.25, 0.3) is 0 Å². The Labute approximate surface area is 237 Å². The number of ketones is 3. The zero-order valence-electron chi connectivity index (χ0n) is 25.3. The molecule has 0 heterocycles. The Morgan fingerprint density at radius 1 is 1.05 bits per heavy atom. The zero-order valence-corrected chi connectivity index (χ0v) is 25.3. The molecule has 0 spiro atoms. The minimum atomic E-state index is -1.04. The number of hydrogen-bond donors (Lipinski definition) is 2. The van der Waals surface area contributed by atoms with E-state index in [0.717, 1.165) is 0 Å². The number of allylic oxidation sites excluding steroid dienone is 1. The van der Waals surface area contributed by atoms with Crippen LogP contribution in [0.1, 0.15) is 100 Å². The number of carbonyl (C=O) groups is 5. The van der Waals surface area contributed by atoms with Crippen LogP contribution in [-0.4, -0.2) is 51.7 Å². The minimum Gasteiger partial charge on any atom is -0.481 e. The molecular formula is C32H46O8. The summed E-state index contributed by atoms with van der Waals surface area (Å²) in [4.78, 5) is 64.1. The fourth-order valence-corrected chi connectivity index (χ4v) is 9.51. The van der Waals surface area contributed by atoms with Crippen molar-refractivity contribution < 1.29 is 38.9 Å². The molecule has 0 aromatic heterocycles. The first kappa shape index (κ1) is 30.6. The van der Waals surface area contributed by atoms with E-state index in [-0.39, 0.29) is 72.9 Å². The molecule has 40 heavy (non-hydrogen) atoms. The largest absolute Gasteiger partial charge is 0.481 e. The molecule has 4 rings (SSSR count). The number of carboxylic acids is 1. The summed E-state index contributed by atoms with van der Waals surface area (Å²) in [6, 6.07) is 0. The molecule has 9 unspecified atom stereocenters. The van der Waals surface area contributed by atoms with Crippen molar-refractivity contribution in [1.82, 2.24) is 0 Å². The fraction of sp³-hybridized carbons (Fsp3) is 0.781. The second-order valence-corrected chi connectivity index (χ2v) is 14.5. The summed E-state index contributed by atoms with van der Waals surface area (Å²) in [6.45, 7) is 14.8. The second kappa shape index (κ2) is 9.88. The molecule has 2 fully saturated rings. The zero-order chi connectivity index (χ0) is 30.2. The highest BCUT2D eigenvalue weighted by atomic mass is 16.5. The third-order valence-electron chi connectivity index (χ3n) is 11.8. The van der Waals surface area contributed by atoms with Crippen LogP contribution < -0.4 is 0 Å². The monoisotopic (exact) mass is 558 g/mol. The number of aliphatic hydroxyl groups is 1. The van der Waals surface area contributed by atoms with Crippen molar-refractivity contribution in [2.75, 3.05) is 0 Å². The van der Waals surface area contributed by atoms with Gasteiger partial charge in [-0.15, -0.1) is 0 Å². The molecule has 2 N–H and O–H groups in total. The number of carbonyl (C=O) groups excluding carboxylic acids is 4. The highest BCUT2D eigenvalue weighted by molar-refractivity contribution is 6.05. The van der Waals surface area contributed by atoms with Gasteiger partial charge < -0.3 is 14.9 Å². The predicted molar refractivity (Wildman–Crippen MR) is 147 cm³/mol. The Kier molecular flexibility index (Phi) is 7.56.